The maximum atomic E-state index is 13.0. The van der Waals surface area contributed by atoms with Crippen LogP contribution in [0.5, 0.6) is 0 Å². The van der Waals surface area contributed by atoms with Gasteiger partial charge in [-0.2, -0.15) is 0 Å². The molecule has 1 aromatic rings. The number of sulfone groups is 1. The maximum absolute atomic E-state index is 13.0. The Labute approximate surface area is 179 Å². The van der Waals surface area contributed by atoms with Crippen molar-refractivity contribution in [2.75, 3.05) is 37.7 Å². The lowest BCUT2D eigenvalue weighted by molar-refractivity contribution is 0.0748. The van der Waals surface area contributed by atoms with E-state index in [0.717, 1.165) is 37.1 Å². The van der Waals surface area contributed by atoms with E-state index in [-0.39, 0.29) is 42.2 Å². The summed E-state index contributed by atoms with van der Waals surface area (Å²) in [6.07, 6.45) is 3.42. The number of carbonyl (C=O) groups excluding carboxylic acids is 1. The molecule has 4 rings (SSSR count). The Balaban J connectivity index is 0.00000140. The average Bonchev–Trinajstić information content (AvgIpc) is 2.95. The largest absolute Gasteiger partial charge is 0.337 e. The number of hydrogen-bond donors (Lipinski definition) is 1. The Morgan fingerprint density at radius 1 is 1.04 bits per heavy atom. The molecule has 1 aromatic carbocycles. The fourth-order valence-electron chi connectivity index (χ4n) is 4.28. The van der Waals surface area contributed by atoms with E-state index >= 15 is 0 Å². The number of benzene rings is 1. The lowest BCUT2D eigenvalue weighted by atomic mass is 10.1. The van der Waals surface area contributed by atoms with Crippen LogP contribution in [0.1, 0.15) is 35.2 Å². The molecular weight excluding hydrogens is 421 g/mol. The van der Waals surface area contributed by atoms with Crippen LogP contribution in [0.3, 0.4) is 0 Å². The fraction of sp³-hybridized carbons (Fsp3) is 0.632. The van der Waals surface area contributed by atoms with Gasteiger partial charge in [0.25, 0.3) is 5.91 Å². The highest BCUT2D eigenvalue weighted by molar-refractivity contribution is 7.91. The molecule has 1 N–H and O–H groups in total. The molecule has 3 saturated heterocycles. The Morgan fingerprint density at radius 2 is 1.75 bits per heavy atom. The van der Waals surface area contributed by atoms with Crippen LogP contribution in [-0.4, -0.2) is 73.9 Å². The van der Waals surface area contributed by atoms with Crippen LogP contribution >= 0.6 is 24.8 Å². The molecule has 1 amide bonds. The third-order valence-corrected chi connectivity index (χ3v) is 7.44. The molecule has 2 bridgehead atoms. The number of likely N-dealkylation sites (tertiary alicyclic amines) is 1. The van der Waals surface area contributed by atoms with E-state index in [9.17, 15) is 13.2 Å². The van der Waals surface area contributed by atoms with Crippen molar-refractivity contribution in [2.24, 2.45) is 0 Å². The lowest BCUT2D eigenvalue weighted by Crippen LogP contribution is -2.40. The van der Waals surface area contributed by atoms with Crippen molar-refractivity contribution in [3.05, 3.63) is 35.4 Å². The summed E-state index contributed by atoms with van der Waals surface area (Å²) in [6.45, 7) is 3.45. The van der Waals surface area contributed by atoms with Crippen LogP contribution in [0.2, 0.25) is 0 Å². The average molecular weight is 450 g/mol. The van der Waals surface area contributed by atoms with Gasteiger partial charge in [-0.05, 0) is 37.0 Å². The van der Waals surface area contributed by atoms with Crippen LogP contribution in [0.25, 0.3) is 0 Å². The summed E-state index contributed by atoms with van der Waals surface area (Å²) in [5, 5.41) is 3.61. The summed E-state index contributed by atoms with van der Waals surface area (Å²) in [5.74, 6) is 0.576. The van der Waals surface area contributed by atoms with Crippen molar-refractivity contribution < 1.29 is 13.2 Å². The minimum absolute atomic E-state index is 0. The van der Waals surface area contributed by atoms with Crippen molar-refractivity contribution >= 4 is 40.6 Å². The maximum Gasteiger partial charge on any atom is 0.253 e. The number of halogens is 2. The minimum atomic E-state index is -2.86. The number of fused-ring (bicyclic) bond motifs is 2. The quantitative estimate of drug-likeness (QED) is 0.760. The van der Waals surface area contributed by atoms with Crippen LogP contribution in [0.4, 0.5) is 0 Å². The second-order valence-electron chi connectivity index (χ2n) is 7.81. The van der Waals surface area contributed by atoms with E-state index in [4.69, 9.17) is 0 Å². The van der Waals surface area contributed by atoms with E-state index < -0.39 is 9.84 Å². The molecule has 2 unspecified atom stereocenters. The highest BCUT2D eigenvalue weighted by Crippen LogP contribution is 2.22. The first-order chi connectivity index (χ1) is 12.5. The minimum Gasteiger partial charge on any atom is -0.337 e. The number of nitrogens with zero attached hydrogens (tertiary/aromatic N) is 2. The van der Waals surface area contributed by atoms with E-state index in [2.05, 4.69) is 10.2 Å². The van der Waals surface area contributed by atoms with Gasteiger partial charge >= 0.3 is 0 Å². The van der Waals surface area contributed by atoms with Crippen molar-refractivity contribution in [3.63, 3.8) is 0 Å². The van der Waals surface area contributed by atoms with Crippen molar-refractivity contribution in [2.45, 2.75) is 37.9 Å². The van der Waals surface area contributed by atoms with Gasteiger partial charge in [-0.15, -0.1) is 24.8 Å². The van der Waals surface area contributed by atoms with Gasteiger partial charge in [0, 0.05) is 50.4 Å². The molecular formula is C19H29Cl2N3O3S. The van der Waals surface area contributed by atoms with Gasteiger partial charge in [-0.3, -0.25) is 9.69 Å². The standard InChI is InChI=1S/C19H27N3O3S.2ClH/c23-19(22-7-6-17-4-5-18(14-22)20-17)16-3-1-2-15(12-16)13-21-8-10-26(24,25)11-9-21;;/h1-3,12,17-18,20H,4-11,13-14H2;2*1H. The zero-order valence-corrected chi connectivity index (χ0v) is 18.3. The van der Waals surface area contributed by atoms with Gasteiger partial charge in [0.15, 0.2) is 9.84 Å². The number of nitrogens with one attached hydrogen (secondary N) is 1. The molecule has 3 heterocycles. The van der Waals surface area contributed by atoms with Crippen molar-refractivity contribution in [1.29, 1.82) is 0 Å². The predicted molar refractivity (Wildman–Crippen MR) is 115 cm³/mol. The monoisotopic (exact) mass is 449 g/mol. The van der Waals surface area contributed by atoms with Gasteiger partial charge in [-0.1, -0.05) is 12.1 Å². The Morgan fingerprint density at radius 3 is 2.50 bits per heavy atom. The summed E-state index contributed by atoms with van der Waals surface area (Å²) < 4.78 is 23.1. The van der Waals surface area contributed by atoms with Crippen molar-refractivity contribution in [1.82, 2.24) is 15.1 Å². The van der Waals surface area contributed by atoms with Crippen molar-refractivity contribution in [3.8, 4) is 0 Å². The van der Waals surface area contributed by atoms with Gasteiger partial charge in [0.2, 0.25) is 0 Å². The first-order valence-electron chi connectivity index (χ1n) is 9.55. The zero-order valence-electron chi connectivity index (χ0n) is 15.9. The highest BCUT2D eigenvalue weighted by atomic mass is 35.5. The Hall–Kier alpha value is -0.860. The first kappa shape index (κ1) is 23.4. The fourth-order valence-corrected chi connectivity index (χ4v) is 5.56. The van der Waals surface area contributed by atoms with E-state index in [1.54, 1.807) is 0 Å². The molecule has 0 radical (unpaired) electrons. The van der Waals surface area contributed by atoms with E-state index in [1.807, 2.05) is 29.2 Å². The lowest BCUT2D eigenvalue weighted by Gasteiger charge is -2.27. The van der Waals surface area contributed by atoms with Crippen LogP contribution in [0.15, 0.2) is 24.3 Å². The highest BCUT2D eigenvalue weighted by Gasteiger charge is 2.31. The molecule has 6 nitrogen and oxygen atoms in total. The number of carbonyl (C=O) groups is 1. The molecule has 0 saturated carbocycles. The molecule has 3 aliphatic heterocycles. The third kappa shape index (κ3) is 5.60. The number of amides is 1. The van der Waals surface area contributed by atoms with Gasteiger partial charge in [0.1, 0.15) is 0 Å². The van der Waals surface area contributed by atoms with E-state index in [1.165, 1.54) is 6.42 Å². The topological polar surface area (TPSA) is 69.7 Å². The number of hydrogen-bond acceptors (Lipinski definition) is 5. The molecule has 3 aliphatic rings. The van der Waals surface area contributed by atoms with Crippen LogP contribution in [-0.2, 0) is 16.4 Å². The summed E-state index contributed by atoms with van der Waals surface area (Å²) in [6, 6.07) is 8.83. The van der Waals surface area contributed by atoms with E-state index in [0.29, 0.717) is 31.7 Å². The van der Waals surface area contributed by atoms with Gasteiger partial charge in [-0.25, -0.2) is 8.42 Å². The predicted octanol–water partition coefficient (Wildman–Crippen LogP) is 1.73. The SMILES string of the molecule is Cl.Cl.O=C(c1cccc(CN2CCS(=O)(=O)CC2)c1)N1CCC2CCC(C1)N2. The Kier molecular flexibility index (Phi) is 8.16. The van der Waals surface area contributed by atoms with Crippen LogP contribution < -0.4 is 5.32 Å². The second-order valence-corrected chi connectivity index (χ2v) is 10.1. The molecule has 0 aromatic heterocycles. The molecule has 0 aliphatic carbocycles. The summed E-state index contributed by atoms with van der Waals surface area (Å²) in [7, 11) is -2.86. The third-order valence-electron chi connectivity index (χ3n) is 5.83. The summed E-state index contributed by atoms with van der Waals surface area (Å²) in [5.41, 5.74) is 1.81. The summed E-state index contributed by atoms with van der Waals surface area (Å²) >= 11 is 0. The Bertz CT molecular complexity index is 776. The molecule has 3 fully saturated rings. The summed E-state index contributed by atoms with van der Waals surface area (Å²) in [4.78, 5) is 17.1. The smallest absolute Gasteiger partial charge is 0.253 e. The first-order valence-corrected chi connectivity index (χ1v) is 11.4. The zero-order chi connectivity index (χ0) is 18.1. The number of rotatable bonds is 3. The normalized spacial score (nSPS) is 26.6. The molecule has 9 heteroatoms. The molecule has 0 spiro atoms. The molecule has 2 atom stereocenters. The van der Waals surface area contributed by atoms with Crippen LogP contribution in [0, 0.1) is 0 Å². The second kappa shape index (κ2) is 9.76. The van der Waals surface area contributed by atoms with Gasteiger partial charge in [0.05, 0.1) is 11.5 Å². The molecule has 28 heavy (non-hydrogen) atoms. The molecule has 158 valence electrons. The van der Waals surface area contributed by atoms with Gasteiger partial charge < -0.3 is 10.2 Å².